The SMILES string of the molecule is NC(=O)c1cc(F)c(N[C@@H](C(N)=O)C2CC2)nc1Nc1ccc2ncccc2c1. The first-order valence-electron chi connectivity index (χ1n) is 9.10. The molecular formula is C20H19FN6O2. The Hall–Kier alpha value is -3.75. The third-order valence-corrected chi connectivity index (χ3v) is 4.80. The summed E-state index contributed by atoms with van der Waals surface area (Å²) >= 11 is 0. The van der Waals surface area contributed by atoms with Gasteiger partial charge in [-0.2, -0.15) is 0 Å². The van der Waals surface area contributed by atoms with Gasteiger partial charge in [-0.25, -0.2) is 9.37 Å². The number of rotatable bonds is 7. The molecule has 1 atom stereocenters. The molecule has 0 saturated heterocycles. The van der Waals surface area contributed by atoms with E-state index < -0.39 is 23.7 Å². The van der Waals surface area contributed by atoms with Gasteiger partial charge in [-0.15, -0.1) is 0 Å². The molecule has 2 amide bonds. The van der Waals surface area contributed by atoms with Crippen LogP contribution >= 0.6 is 0 Å². The molecule has 1 aliphatic carbocycles. The summed E-state index contributed by atoms with van der Waals surface area (Å²) in [7, 11) is 0. The minimum absolute atomic E-state index is 0.0499. The molecule has 3 aromatic rings. The van der Waals surface area contributed by atoms with E-state index in [0.29, 0.717) is 5.69 Å². The van der Waals surface area contributed by atoms with Gasteiger partial charge in [0.15, 0.2) is 11.6 Å². The molecule has 0 radical (unpaired) electrons. The van der Waals surface area contributed by atoms with Crippen molar-refractivity contribution < 1.29 is 14.0 Å². The predicted octanol–water partition coefficient (Wildman–Crippen LogP) is 2.29. The number of carbonyl (C=O) groups excluding carboxylic acids is 2. The Labute approximate surface area is 165 Å². The number of benzene rings is 1. The van der Waals surface area contributed by atoms with Gasteiger partial charge in [0.05, 0.1) is 11.1 Å². The Bertz CT molecular complexity index is 1120. The highest BCUT2D eigenvalue weighted by Crippen LogP contribution is 2.35. The van der Waals surface area contributed by atoms with Crippen molar-refractivity contribution in [2.45, 2.75) is 18.9 Å². The number of aromatic nitrogens is 2. The van der Waals surface area contributed by atoms with E-state index in [9.17, 15) is 14.0 Å². The molecule has 9 heteroatoms. The molecule has 0 aliphatic heterocycles. The Kier molecular flexibility index (Phi) is 4.71. The van der Waals surface area contributed by atoms with Crippen LogP contribution in [0.5, 0.6) is 0 Å². The third-order valence-electron chi connectivity index (χ3n) is 4.80. The topological polar surface area (TPSA) is 136 Å². The first kappa shape index (κ1) is 18.6. The van der Waals surface area contributed by atoms with Gasteiger partial charge >= 0.3 is 0 Å². The van der Waals surface area contributed by atoms with Gasteiger partial charge in [0, 0.05) is 17.3 Å². The van der Waals surface area contributed by atoms with E-state index in [1.54, 1.807) is 24.4 Å². The summed E-state index contributed by atoms with van der Waals surface area (Å²) in [6, 6.07) is 9.35. The van der Waals surface area contributed by atoms with Crippen LogP contribution in [0.15, 0.2) is 42.6 Å². The van der Waals surface area contributed by atoms with Crippen molar-refractivity contribution >= 4 is 40.0 Å². The van der Waals surface area contributed by atoms with E-state index in [-0.39, 0.29) is 23.1 Å². The maximum atomic E-state index is 14.5. The Morgan fingerprint density at radius 3 is 2.62 bits per heavy atom. The molecule has 4 rings (SSSR count). The van der Waals surface area contributed by atoms with Crippen LogP contribution in [-0.2, 0) is 4.79 Å². The average Bonchev–Trinajstić information content (AvgIpc) is 3.52. The van der Waals surface area contributed by atoms with Crippen molar-refractivity contribution in [2.24, 2.45) is 17.4 Å². The second-order valence-electron chi connectivity index (χ2n) is 6.98. The van der Waals surface area contributed by atoms with Gasteiger partial charge < -0.3 is 22.1 Å². The molecule has 1 saturated carbocycles. The molecule has 1 fully saturated rings. The van der Waals surface area contributed by atoms with Gasteiger partial charge in [-0.3, -0.25) is 14.6 Å². The number of fused-ring (bicyclic) bond motifs is 1. The zero-order valence-corrected chi connectivity index (χ0v) is 15.4. The largest absolute Gasteiger partial charge is 0.368 e. The number of hydrogen-bond acceptors (Lipinski definition) is 6. The van der Waals surface area contributed by atoms with E-state index in [1.165, 1.54) is 0 Å². The summed E-state index contributed by atoms with van der Waals surface area (Å²) in [4.78, 5) is 31.9. The van der Waals surface area contributed by atoms with Crippen LogP contribution in [0, 0.1) is 11.7 Å². The molecule has 148 valence electrons. The third kappa shape index (κ3) is 3.93. The molecule has 6 N–H and O–H groups in total. The van der Waals surface area contributed by atoms with Gasteiger partial charge in [0.1, 0.15) is 11.9 Å². The number of amides is 2. The number of carbonyl (C=O) groups is 2. The lowest BCUT2D eigenvalue weighted by Crippen LogP contribution is -2.37. The number of anilines is 3. The van der Waals surface area contributed by atoms with Crippen LogP contribution in [0.1, 0.15) is 23.2 Å². The normalized spacial score (nSPS) is 14.4. The summed E-state index contributed by atoms with van der Waals surface area (Å²) in [6.07, 6.45) is 3.35. The molecule has 2 aromatic heterocycles. The summed E-state index contributed by atoms with van der Waals surface area (Å²) in [5.74, 6) is -2.25. The maximum Gasteiger partial charge on any atom is 0.252 e. The van der Waals surface area contributed by atoms with E-state index in [2.05, 4.69) is 20.6 Å². The van der Waals surface area contributed by atoms with Crippen molar-refractivity contribution in [3.05, 3.63) is 54.0 Å². The monoisotopic (exact) mass is 394 g/mol. The van der Waals surface area contributed by atoms with Gasteiger partial charge in [-0.05, 0) is 49.1 Å². The molecule has 2 heterocycles. The van der Waals surface area contributed by atoms with Crippen LogP contribution < -0.4 is 22.1 Å². The zero-order chi connectivity index (χ0) is 20.5. The number of primary amides is 2. The van der Waals surface area contributed by atoms with E-state index >= 15 is 0 Å². The van der Waals surface area contributed by atoms with Crippen LogP contribution in [0.2, 0.25) is 0 Å². The summed E-state index contributed by atoms with van der Waals surface area (Å²) in [6.45, 7) is 0. The summed E-state index contributed by atoms with van der Waals surface area (Å²) in [5.41, 5.74) is 12.1. The number of halogens is 1. The zero-order valence-electron chi connectivity index (χ0n) is 15.4. The van der Waals surface area contributed by atoms with Crippen molar-refractivity contribution in [1.82, 2.24) is 9.97 Å². The second-order valence-corrected chi connectivity index (χ2v) is 6.98. The highest BCUT2D eigenvalue weighted by atomic mass is 19.1. The number of pyridine rings is 2. The fourth-order valence-electron chi connectivity index (χ4n) is 3.16. The molecular weight excluding hydrogens is 375 g/mol. The van der Waals surface area contributed by atoms with Crippen molar-refractivity contribution in [2.75, 3.05) is 10.6 Å². The summed E-state index contributed by atoms with van der Waals surface area (Å²) < 4.78 is 14.5. The predicted molar refractivity (Wildman–Crippen MR) is 107 cm³/mol. The number of nitrogens with one attached hydrogen (secondary N) is 2. The van der Waals surface area contributed by atoms with Crippen LogP contribution in [0.4, 0.5) is 21.7 Å². The maximum absolute atomic E-state index is 14.5. The van der Waals surface area contributed by atoms with E-state index in [4.69, 9.17) is 11.5 Å². The lowest BCUT2D eigenvalue weighted by Gasteiger charge is -2.18. The number of nitrogens with two attached hydrogens (primary N) is 2. The molecule has 1 aromatic carbocycles. The lowest BCUT2D eigenvalue weighted by molar-refractivity contribution is -0.119. The highest BCUT2D eigenvalue weighted by Gasteiger charge is 2.36. The fraction of sp³-hybridized carbons (Fsp3) is 0.200. The molecule has 0 unspecified atom stereocenters. The van der Waals surface area contributed by atoms with Crippen LogP contribution in [0.3, 0.4) is 0 Å². The van der Waals surface area contributed by atoms with Gasteiger partial charge in [-0.1, -0.05) is 6.07 Å². The first-order valence-corrected chi connectivity index (χ1v) is 9.10. The standard InChI is InChI=1S/C20H19FN6O2/c21-14-9-13(17(22)28)19(27-20(14)26-16(18(23)29)10-3-4-10)25-12-5-6-15-11(8-12)2-1-7-24-15/h1-2,5-10,16H,3-4H2,(H2,22,28)(H2,23,29)(H2,25,26,27)/t16-/m1/s1. The van der Waals surface area contributed by atoms with E-state index in [1.807, 2.05) is 12.1 Å². The van der Waals surface area contributed by atoms with Gasteiger partial charge in [0.25, 0.3) is 5.91 Å². The lowest BCUT2D eigenvalue weighted by atomic mass is 10.1. The van der Waals surface area contributed by atoms with Crippen molar-refractivity contribution in [3.8, 4) is 0 Å². The first-order chi connectivity index (χ1) is 13.9. The average molecular weight is 394 g/mol. The molecule has 29 heavy (non-hydrogen) atoms. The quantitative estimate of drug-likeness (QED) is 0.485. The van der Waals surface area contributed by atoms with Crippen LogP contribution in [-0.4, -0.2) is 27.8 Å². The van der Waals surface area contributed by atoms with Gasteiger partial charge in [0.2, 0.25) is 5.91 Å². The Morgan fingerprint density at radius 1 is 1.14 bits per heavy atom. The Morgan fingerprint density at radius 2 is 1.93 bits per heavy atom. The molecule has 8 nitrogen and oxygen atoms in total. The van der Waals surface area contributed by atoms with Crippen molar-refractivity contribution in [3.63, 3.8) is 0 Å². The molecule has 0 bridgehead atoms. The molecule has 0 spiro atoms. The van der Waals surface area contributed by atoms with E-state index in [0.717, 1.165) is 29.8 Å². The minimum atomic E-state index is -0.832. The number of nitrogens with zero attached hydrogens (tertiary/aromatic N) is 2. The highest BCUT2D eigenvalue weighted by molar-refractivity contribution is 5.99. The second kappa shape index (κ2) is 7.34. The molecule has 1 aliphatic rings. The Balaban J connectivity index is 1.69. The minimum Gasteiger partial charge on any atom is -0.368 e. The fourth-order valence-corrected chi connectivity index (χ4v) is 3.16. The van der Waals surface area contributed by atoms with Crippen LogP contribution in [0.25, 0.3) is 10.9 Å². The number of hydrogen-bond donors (Lipinski definition) is 4. The van der Waals surface area contributed by atoms with Crippen molar-refractivity contribution in [1.29, 1.82) is 0 Å². The smallest absolute Gasteiger partial charge is 0.252 e. The summed E-state index contributed by atoms with van der Waals surface area (Å²) in [5, 5.41) is 6.64.